The summed E-state index contributed by atoms with van der Waals surface area (Å²) in [6.07, 6.45) is 0. The molecule has 1 heterocycles. The SMILES string of the molecule is CC.CC(C)S(=O)(=O)c1sccc1N. The monoisotopic (exact) mass is 235 g/mol. The van der Waals surface area contributed by atoms with Gasteiger partial charge in [-0.25, -0.2) is 8.42 Å². The lowest BCUT2D eigenvalue weighted by atomic mass is 10.6. The van der Waals surface area contributed by atoms with Crippen LogP contribution in [0.4, 0.5) is 5.69 Å². The molecule has 2 N–H and O–H groups in total. The topological polar surface area (TPSA) is 60.2 Å². The van der Waals surface area contributed by atoms with Crippen molar-refractivity contribution >= 4 is 26.9 Å². The van der Waals surface area contributed by atoms with E-state index in [9.17, 15) is 8.42 Å². The molecule has 0 fully saturated rings. The second kappa shape index (κ2) is 5.36. The zero-order valence-electron chi connectivity index (χ0n) is 8.94. The van der Waals surface area contributed by atoms with Crippen molar-refractivity contribution in [3.8, 4) is 0 Å². The molecular weight excluding hydrogens is 218 g/mol. The number of hydrogen-bond donors (Lipinski definition) is 1. The first-order valence-corrected chi connectivity index (χ1v) is 6.95. The molecule has 0 aromatic carbocycles. The van der Waals surface area contributed by atoms with Gasteiger partial charge in [-0.3, -0.25) is 0 Å². The zero-order valence-corrected chi connectivity index (χ0v) is 10.6. The third-order valence-electron chi connectivity index (χ3n) is 1.54. The van der Waals surface area contributed by atoms with E-state index in [1.165, 1.54) is 11.3 Å². The maximum absolute atomic E-state index is 11.5. The van der Waals surface area contributed by atoms with E-state index in [2.05, 4.69) is 0 Å². The smallest absolute Gasteiger partial charge is 0.192 e. The first kappa shape index (κ1) is 13.4. The standard InChI is InChI=1S/C7H11NO2S2.C2H6/c1-5(2)12(9,10)7-6(8)3-4-11-7;1-2/h3-5H,8H2,1-2H3;1-2H3. The van der Waals surface area contributed by atoms with Crippen molar-refractivity contribution in [2.75, 3.05) is 5.73 Å². The van der Waals surface area contributed by atoms with Crippen LogP contribution in [0.25, 0.3) is 0 Å². The lowest BCUT2D eigenvalue weighted by Crippen LogP contribution is -2.13. The number of thiophene rings is 1. The highest BCUT2D eigenvalue weighted by molar-refractivity contribution is 7.94. The van der Waals surface area contributed by atoms with Crippen molar-refractivity contribution < 1.29 is 8.42 Å². The molecule has 3 nitrogen and oxygen atoms in total. The van der Waals surface area contributed by atoms with Crippen LogP contribution in [0.2, 0.25) is 0 Å². The Balaban J connectivity index is 0.000000791. The number of nitrogen functional groups attached to an aromatic ring is 1. The molecule has 0 saturated carbocycles. The lowest BCUT2D eigenvalue weighted by Gasteiger charge is -2.05. The van der Waals surface area contributed by atoms with Gasteiger partial charge in [-0.2, -0.15) is 0 Å². The first-order valence-electron chi connectivity index (χ1n) is 4.53. The third-order valence-corrected chi connectivity index (χ3v) is 5.24. The summed E-state index contributed by atoms with van der Waals surface area (Å²) in [6.45, 7) is 7.29. The molecule has 0 atom stereocenters. The van der Waals surface area contributed by atoms with E-state index in [1.54, 1.807) is 25.3 Å². The van der Waals surface area contributed by atoms with Crippen LogP contribution in [-0.4, -0.2) is 13.7 Å². The van der Waals surface area contributed by atoms with Gasteiger partial charge in [0.15, 0.2) is 9.84 Å². The van der Waals surface area contributed by atoms with E-state index in [1.807, 2.05) is 13.8 Å². The minimum atomic E-state index is -3.17. The summed E-state index contributed by atoms with van der Waals surface area (Å²) in [4.78, 5) is 0. The van der Waals surface area contributed by atoms with Crippen molar-refractivity contribution in [3.05, 3.63) is 11.4 Å². The molecule has 82 valence electrons. The number of hydrogen-bond acceptors (Lipinski definition) is 4. The van der Waals surface area contributed by atoms with Crippen molar-refractivity contribution in [1.82, 2.24) is 0 Å². The van der Waals surface area contributed by atoms with Gasteiger partial charge < -0.3 is 5.73 Å². The minimum Gasteiger partial charge on any atom is -0.397 e. The van der Waals surface area contributed by atoms with E-state index in [0.29, 0.717) is 5.69 Å². The molecule has 0 bridgehead atoms. The van der Waals surface area contributed by atoms with E-state index >= 15 is 0 Å². The summed E-state index contributed by atoms with van der Waals surface area (Å²) in [5, 5.41) is 1.28. The molecule has 0 aliphatic rings. The van der Waals surface area contributed by atoms with Crippen molar-refractivity contribution in [2.24, 2.45) is 0 Å². The van der Waals surface area contributed by atoms with Crippen LogP contribution in [-0.2, 0) is 9.84 Å². The summed E-state index contributed by atoms with van der Waals surface area (Å²) in [6, 6.07) is 1.61. The molecule has 0 radical (unpaired) electrons. The maximum Gasteiger partial charge on any atom is 0.192 e. The summed E-state index contributed by atoms with van der Waals surface area (Å²) < 4.78 is 23.4. The highest BCUT2D eigenvalue weighted by Crippen LogP contribution is 2.27. The van der Waals surface area contributed by atoms with Crippen molar-refractivity contribution in [2.45, 2.75) is 37.2 Å². The van der Waals surface area contributed by atoms with Crippen LogP contribution in [0.15, 0.2) is 15.7 Å². The third kappa shape index (κ3) is 2.72. The molecule has 1 aromatic rings. The van der Waals surface area contributed by atoms with Gasteiger partial charge in [0.2, 0.25) is 0 Å². The maximum atomic E-state index is 11.5. The fourth-order valence-corrected chi connectivity index (χ4v) is 3.40. The van der Waals surface area contributed by atoms with Gasteiger partial charge in [0.25, 0.3) is 0 Å². The summed E-state index contributed by atoms with van der Waals surface area (Å²) >= 11 is 1.17. The molecule has 5 heteroatoms. The Morgan fingerprint density at radius 1 is 1.36 bits per heavy atom. The second-order valence-electron chi connectivity index (χ2n) is 2.76. The molecule has 1 aromatic heterocycles. The quantitative estimate of drug-likeness (QED) is 0.857. The van der Waals surface area contributed by atoms with Gasteiger partial charge >= 0.3 is 0 Å². The molecule has 0 saturated heterocycles. The highest BCUT2D eigenvalue weighted by Gasteiger charge is 2.22. The van der Waals surface area contributed by atoms with Gasteiger partial charge in [-0.05, 0) is 25.3 Å². The molecular formula is C9H17NO2S2. The fraction of sp³-hybridized carbons (Fsp3) is 0.556. The van der Waals surface area contributed by atoms with Gasteiger partial charge in [-0.15, -0.1) is 11.3 Å². The van der Waals surface area contributed by atoms with Crippen LogP contribution in [0, 0.1) is 0 Å². The van der Waals surface area contributed by atoms with Crippen LogP contribution < -0.4 is 5.73 Å². The van der Waals surface area contributed by atoms with Crippen LogP contribution in [0.3, 0.4) is 0 Å². The van der Waals surface area contributed by atoms with Crippen LogP contribution in [0.1, 0.15) is 27.7 Å². The summed E-state index contributed by atoms with van der Waals surface area (Å²) in [5.74, 6) is 0. The van der Waals surface area contributed by atoms with E-state index in [0.717, 1.165) is 0 Å². The highest BCUT2D eigenvalue weighted by atomic mass is 32.2. The largest absolute Gasteiger partial charge is 0.397 e. The van der Waals surface area contributed by atoms with Gasteiger partial charge in [0.1, 0.15) is 4.21 Å². The number of anilines is 1. The molecule has 0 amide bonds. The minimum absolute atomic E-state index is 0.289. The zero-order chi connectivity index (χ0) is 11.4. The fourth-order valence-electron chi connectivity index (χ4n) is 0.751. The van der Waals surface area contributed by atoms with Crippen LogP contribution >= 0.6 is 11.3 Å². The van der Waals surface area contributed by atoms with Gasteiger partial charge in [0, 0.05) is 0 Å². The normalized spacial score (nSPS) is 10.9. The summed E-state index contributed by atoms with van der Waals surface area (Å²) in [7, 11) is -3.17. The lowest BCUT2D eigenvalue weighted by molar-refractivity contribution is 0.590. The number of nitrogens with two attached hydrogens (primary N) is 1. The van der Waals surface area contributed by atoms with E-state index in [-0.39, 0.29) is 4.21 Å². The average molecular weight is 235 g/mol. The molecule has 0 unspecified atom stereocenters. The number of sulfone groups is 1. The predicted octanol–water partition coefficient (Wildman–Crippen LogP) is 2.54. The van der Waals surface area contributed by atoms with E-state index < -0.39 is 15.1 Å². The van der Waals surface area contributed by atoms with Gasteiger partial charge in [0.05, 0.1) is 10.9 Å². The Morgan fingerprint density at radius 3 is 2.14 bits per heavy atom. The van der Waals surface area contributed by atoms with E-state index in [4.69, 9.17) is 5.73 Å². The average Bonchev–Trinajstić information content (AvgIpc) is 2.55. The Kier molecular flexibility index (Phi) is 5.15. The molecule has 1 rings (SSSR count). The van der Waals surface area contributed by atoms with Gasteiger partial charge in [-0.1, -0.05) is 13.8 Å². The van der Waals surface area contributed by atoms with Crippen LogP contribution in [0.5, 0.6) is 0 Å². The Morgan fingerprint density at radius 2 is 1.86 bits per heavy atom. The molecule has 0 spiro atoms. The Hall–Kier alpha value is -0.550. The molecule has 0 aliphatic carbocycles. The summed E-state index contributed by atoms with van der Waals surface area (Å²) in [5.41, 5.74) is 5.85. The molecule has 14 heavy (non-hydrogen) atoms. The van der Waals surface area contributed by atoms with Crippen molar-refractivity contribution in [3.63, 3.8) is 0 Å². The number of rotatable bonds is 2. The first-order chi connectivity index (χ1) is 6.46. The Bertz CT molecular complexity index is 366. The van der Waals surface area contributed by atoms with Crippen molar-refractivity contribution in [1.29, 1.82) is 0 Å². The predicted molar refractivity (Wildman–Crippen MR) is 62.4 cm³/mol. The molecule has 0 aliphatic heterocycles. The second-order valence-corrected chi connectivity index (χ2v) is 6.37. The Labute approximate surface area is 89.9 Å².